The molecule has 0 saturated carbocycles. The van der Waals surface area contributed by atoms with Crippen LogP contribution in [0.25, 0.3) is 0 Å². The molecular formula is C12H10F3N3O4. The van der Waals surface area contributed by atoms with Gasteiger partial charge >= 0.3 is 18.1 Å². The molecule has 0 aliphatic rings. The molecule has 0 saturated heterocycles. The standard InChI is InChI=1S/C12H10F3N3O4/c1-2-22-11(21)7-3-6(4-16)10(17-5-8(19)20)18-9(7)12(13,14)15/h3H,2,5H2,1H3,(H,17,18)(H,19,20). The molecule has 1 aromatic rings. The van der Waals surface area contributed by atoms with Gasteiger partial charge in [0.1, 0.15) is 18.4 Å². The van der Waals surface area contributed by atoms with E-state index >= 15 is 0 Å². The molecule has 0 unspecified atom stereocenters. The summed E-state index contributed by atoms with van der Waals surface area (Å²) in [6, 6.07) is 2.21. The summed E-state index contributed by atoms with van der Waals surface area (Å²) >= 11 is 0. The van der Waals surface area contributed by atoms with Gasteiger partial charge in [-0.2, -0.15) is 18.4 Å². The Hall–Kier alpha value is -2.83. The molecule has 0 aliphatic carbocycles. The van der Waals surface area contributed by atoms with Crippen LogP contribution in [0.1, 0.15) is 28.5 Å². The molecule has 0 radical (unpaired) electrons. The fourth-order valence-electron chi connectivity index (χ4n) is 1.47. The number of carboxylic acid groups (broad SMARTS) is 1. The van der Waals surface area contributed by atoms with Crippen LogP contribution in [-0.2, 0) is 15.7 Å². The van der Waals surface area contributed by atoms with E-state index in [0.717, 1.165) is 0 Å². The number of aromatic nitrogens is 1. The Labute approximate surface area is 122 Å². The van der Waals surface area contributed by atoms with Gasteiger partial charge < -0.3 is 15.2 Å². The molecule has 0 aliphatic heterocycles. The van der Waals surface area contributed by atoms with Crippen LogP contribution < -0.4 is 5.32 Å². The molecule has 0 amide bonds. The van der Waals surface area contributed by atoms with E-state index < -0.39 is 47.3 Å². The minimum atomic E-state index is -4.98. The zero-order valence-corrected chi connectivity index (χ0v) is 11.2. The number of hydrogen-bond donors (Lipinski definition) is 2. The fraction of sp³-hybridized carbons (Fsp3) is 0.333. The molecule has 1 heterocycles. The highest BCUT2D eigenvalue weighted by Gasteiger charge is 2.39. The van der Waals surface area contributed by atoms with Gasteiger partial charge in [0.2, 0.25) is 0 Å². The van der Waals surface area contributed by atoms with Crippen molar-refractivity contribution in [3.05, 3.63) is 22.9 Å². The second-order valence-corrected chi connectivity index (χ2v) is 3.86. The lowest BCUT2D eigenvalue weighted by molar-refractivity contribution is -0.141. The maximum atomic E-state index is 13.0. The molecule has 0 aromatic carbocycles. The van der Waals surface area contributed by atoms with E-state index in [9.17, 15) is 22.8 Å². The number of aliphatic carboxylic acids is 1. The predicted octanol–water partition coefficient (Wildman–Crippen LogP) is 1.65. The third-order valence-corrected chi connectivity index (χ3v) is 2.31. The normalized spacial score (nSPS) is 10.7. The topological polar surface area (TPSA) is 112 Å². The van der Waals surface area contributed by atoms with E-state index in [-0.39, 0.29) is 6.61 Å². The van der Waals surface area contributed by atoms with Gasteiger partial charge in [0.05, 0.1) is 17.7 Å². The minimum absolute atomic E-state index is 0.156. The number of carboxylic acids is 1. The van der Waals surface area contributed by atoms with Gasteiger partial charge in [-0.1, -0.05) is 0 Å². The van der Waals surface area contributed by atoms with Crippen LogP contribution in [0.4, 0.5) is 19.0 Å². The number of nitriles is 1. The van der Waals surface area contributed by atoms with Crippen molar-refractivity contribution in [2.24, 2.45) is 0 Å². The molecule has 1 aromatic heterocycles. The Morgan fingerprint density at radius 3 is 2.59 bits per heavy atom. The first-order chi connectivity index (χ1) is 10.2. The first-order valence-corrected chi connectivity index (χ1v) is 5.85. The van der Waals surface area contributed by atoms with E-state index in [0.29, 0.717) is 6.07 Å². The summed E-state index contributed by atoms with van der Waals surface area (Å²) < 4.78 is 43.4. The SMILES string of the molecule is CCOC(=O)c1cc(C#N)c(NCC(=O)O)nc1C(F)(F)F. The van der Waals surface area contributed by atoms with Gasteiger partial charge in [-0.15, -0.1) is 0 Å². The largest absolute Gasteiger partial charge is 0.480 e. The molecule has 0 spiro atoms. The number of rotatable bonds is 5. The maximum Gasteiger partial charge on any atom is 0.434 e. The number of carbonyl (C=O) groups is 2. The number of ether oxygens (including phenoxy) is 1. The van der Waals surface area contributed by atoms with Crippen LogP contribution in [0.3, 0.4) is 0 Å². The molecule has 0 bridgehead atoms. The van der Waals surface area contributed by atoms with E-state index in [1.807, 2.05) is 0 Å². The van der Waals surface area contributed by atoms with Crippen LogP contribution in [0.2, 0.25) is 0 Å². The van der Waals surface area contributed by atoms with Crippen LogP contribution in [0, 0.1) is 11.3 Å². The molecule has 1 rings (SSSR count). The lowest BCUT2D eigenvalue weighted by Crippen LogP contribution is -2.21. The summed E-state index contributed by atoms with van der Waals surface area (Å²) in [6.45, 7) is 0.515. The Morgan fingerprint density at radius 2 is 2.14 bits per heavy atom. The molecule has 10 heteroatoms. The van der Waals surface area contributed by atoms with Crippen LogP contribution in [0.15, 0.2) is 6.07 Å². The summed E-state index contributed by atoms with van der Waals surface area (Å²) in [5, 5.41) is 19.5. The average Bonchev–Trinajstić information content (AvgIpc) is 2.43. The summed E-state index contributed by atoms with van der Waals surface area (Å²) in [7, 11) is 0. The summed E-state index contributed by atoms with van der Waals surface area (Å²) in [5.41, 5.74) is -2.87. The number of anilines is 1. The van der Waals surface area contributed by atoms with Gasteiger partial charge in [-0.3, -0.25) is 4.79 Å². The first kappa shape index (κ1) is 17.2. The molecular weight excluding hydrogens is 307 g/mol. The number of halogens is 3. The minimum Gasteiger partial charge on any atom is -0.480 e. The quantitative estimate of drug-likeness (QED) is 0.794. The molecule has 22 heavy (non-hydrogen) atoms. The van der Waals surface area contributed by atoms with Crippen molar-refractivity contribution >= 4 is 17.8 Å². The van der Waals surface area contributed by atoms with Gasteiger partial charge in [0.15, 0.2) is 5.69 Å². The van der Waals surface area contributed by atoms with Crippen LogP contribution >= 0.6 is 0 Å². The zero-order valence-electron chi connectivity index (χ0n) is 11.2. The summed E-state index contributed by atoms with van der Waals surface area (Å²) in [6.07, 6.45) is -4.98. The fourth-order valence-corrected chi connectivity index (χ4v) is 1.47. The Kier molecular flexibility index (Phi) is 5.28. The number of nitrogens with one attached hydrogen (secondary N) is 1. The maximum absolute atomic E-state index is 13.0. The van der Waals surface area contributed by atoms with E-state index in [4.69, 9.17) is 10.4 Å². The molecule has 2 N–H and O–H groups in total. The third-order valence-electron chi connectivity index (χ3n) is 2.31. The molecule has 118 valence electrons. The van der Waals surface area contributed by atoms with Crippen molar-refractivity contribution in [1.29, 1.82) is 5.26 Å². The van der Waals surface area contributed by atoms with Gasteiger partial charge in [0.25, 0.3) is 0 Å². The highest BCUT2D eigenvalue weighted by Crippen LogP contribution is 2.33. The molecule has 7 nitrogen and oxygen atoms in total. The highest BCUT2D eigenvalue weighted by molar-refractivity contribution is 5.92. The lowest BCUT2D eigenvalue weighted by atomic mass is 10.1. The van der Waals surface area contributed by atoms with E-state index in [1.165, 1.54) is 6.92 Å². The molecule has 0 fully saturated rings. The van der Waals surface area contributed by atoms with Crippen molar-refractivity contribution in [3.8, 4) is 6.07 Å². The summed E-state index contributed by atoms with van der Waals surface area (Å²) in [4.78, 5) is 25.2. The monoisotopic (exact) mass is 317 g/mol. The Bertz CT molecular complexity index is 638. The second kappa shape index (κ2) is 6.75. The number of hydrogen-bond acceptors (Lipinski definition) is 6. The average molecular weight is 317 g/mol. The number of alkyl halides is 3. The van der Waals surface area contributed by atoms with E-state index in [1.54, 1.807) is 6.07 Å². The van der Waals surface area contributed by atoms with Crippen molar-refractivity contribution in [2.75, 3.05) is 18.5 Å². The zero-order chi connectivity index (χ0) is 16.9. The van der Waals surface area contributed by atoms with Crippen molar-refractivity contribution in [1.82, 2.24) is 4.98 Å². The van der Waals surface area contributed by atoms with Crippen molar-refractivity contribution in [3.63, 3.8) is 0 Å². The van der Waals surface area contributed by atoms with Crippen LogP contribution in [-0.4, -0.2) is 35.2 Å². The van der Waals surface area contributed by atoms with Crippen molar-refractivity contribution in [2.45, 2.75) is 13.1 Å². The number of pyridine rings is 1. The van der Waals surface area contributed by atoms with Crippen molar-refractivity contribution < 1.29 is 32.6 Å². The second-order valence-electron chi connectivity index (χ2n) is 3.86. The third kappa shape index (κ3) is 4.08. The first-order valence-electron chi connectivity index (χ1n) is 5.85. The highest BCUT2D eigenvalue weighted by atomic mass is 19.4. The van der Waals surface area contributed by atoms with Gasteiger partial charge in [0, 0.05) is 0 Å². The van der Waals surface area contributed by atoms with E-state index in [2.05, 4.69) is 15.0 Å². The van der Waals surface area contributed by atoms with Gasteiger partial charge in [-0.25, -0.2) is 9.78 Å². The lowest BCUT2D eigenvalue weighted by Gasteiger charge is -2.14. The van der Waals surface area contributed by atoms with Gasteiger partial charge in [-0.05, 0) is 13.0 Å². The smallest absolute Gasteiger partial charge is 0.434 e. The number of nitrogens with zero attached hydrogens (tertiary/aromatic N) is 2. The van der Waals surface area contributed by atoms with Crippen LogP contribution in [0.5, 0.6) is 0 Å². The Morgan fingerprint density at radius 1 is 1.50 bits per heavy atom. The summed E-state index contributed by atoms with van der Waals surface area (Å²) in [5.74, 6) is -3.21. The number of carbonyl (C=O) groups excluding carboxylic acids is 1. The Balaban J connectivity index is 3.43. The molecule has 0 atom stereocenters. The number of esters is 1. The predicted molar refractivity (Wildman–Crippen MR) is 66.0 cm³/mol.